The summed E-state index contributed by atoms with van der Waals surface area (Å²) in [5.41, 5.74) is 9.37. The number of benzene rings is 1. The van der Waals surface area contributed by atoms with E-state index >= 15 is 0 Å². The lowest BCUT2D eigenvalue weighted by Gasteiger charge is -2.23. The minimum Gasteiger partial charge on any atom is -0.481 e. The summed E-state index contributed by atoms with van der Waals surface area (Å²) in [5, 5.41) is 9.07. The Morgan fingerprint density at radius 1 is 1.26 bits per heavy atom. The molecule has 3 nitrogen and oxygen atoms in total. The Kier molecular flexibility index (Phi) is 5.55. The largest absolute Gasteiger partial charge is 0.481 e. The van der Waals surface area contributed by atoms with Crippen LogP contribution in [-0.2, 0) is 4.79 Å². The minimum absolute atomic E-state index is 0.208. The lowest BCUT2D eigenvalue weighted by molar-refractivity contribution is -0.142. The quantitative estimate of drug-likeness (QED) is 0.829. The second-order valence-corrected chi connectivity index (χ2v) is 5.62. The number of aryl methyl sites for hydroxylation is 2. The zero-order chi connectivity index (χ0) is 14.6. The first-order valence-corrected chi connectivity index (χ1v) is 6.86. The van der Waals surface area contributed by atoms with Gasteiger partial charge in [0.15, 0.2) is 0 Å². The van der Waals surface area contributed by atoms with Gasteiger partial charge in [-0.05, 0) is 48.8 Å². The first-order chi connectivity index (χ1) is 8.86. The maximum absolute atomic E-state index is 11.0. The molecule has 0 aromatic heterocycles. The highest BCUT2D eigenvalue weighted by molar-refractivity contribution is 5.70. The third kappa shape index (κ3) is 4.06. The molecule has 1 aromatic carbocycles. The lowest BCUT2D eigenvalue weighted by atomic mass is 9.82. The van der Waals surface area contributed by atoms with Gasteiger partial charge in [-0.1, -0.05) is 32.0 Å². The monoisotopic (exact) mass is 263 g/mol. The third-order valence-electron chi connectivity index (χ3n) is 4.20. The Morgan fingerprint density at radius 3 is 2.37 bits per heavy atom. The van der Waals surface area contributed by atoms with Gasteiger partial charge in [-0.25, -0.2) is 0 Å². The van der Waals surface area contributed by atoms with Crippen molar-refractivity contribution in [2.24, 2.45) is 17.6 Å². The number of rotatable bonds is 6. The summed E-state index contributed by atoms with van der Waals surface area (Å²) in [4.78, 5) is 11.0. The van der Waals surface area contributed by atoms with Gasteiger partial charge in [0, 0.05) is 6.54 Å². The molecule has 0 amide bonds. The molecule has 0 radical (unpaired) electrons. The molecule has 0 aliphatic carbocycles. The van der Waals surface area contributed by atoms with E-state index in [9.17, 15) is 4.79 Å². The zero-order valence-corrected chi connectivity index (χ0v) is 12.3. The minimum atomic E-state index is -0.790. The third-order valence-corrected chi connectivity index (χ3v) is 4.20. The van der Waals surface area contributed by atoms with Crippen LogP contribution in [0.3, 0.4) is 0 Å². The molecule has 3 unspecified atom stereocenters. The van der Waals surface area contributed by atoms with Crippen LogP contribution in [0.5, 0.6) is 0 Å². The van der Waals surface area contributed by atoms with Crippen molar-refractivity contribution in [3.05, 3.63) is 34.9 Å². The molecule has 0 heterocycles. The fourth-order valence-corrected chi connectivity index (χ4v) is 2.33. The highest BCUT2D eigenvalue weighted by Gasteiger charge is 2.23. The number of hydrogen-bond acceptors (Lipinski definition) is 2. The van der Waals surface area contributed by atoms with Crippen LogP contribution in [0.15, 0.2) is 18.2 Å². The van der Waals surface area contributed by atoms with E-state index in [1.54, 1.807) is 0 Å². The molecule has 0 saturated carbocycles. The highest BCUT2D eigenvalue weighted by Crippen LogP contribution is 2.30. The number of carboxylic acid groups (broad SMARTS) is 1. The molecule has 3 heteroatoms. The molecule has 19 heavy (non-hydrogen) atoms. The number of nitrogens with two attached hydrogens (primary N) is 1. The Morgan fingerprint density at radius 2 is 1.89 bits per heavy atom. The van der Waals surface area contributed by atoms with Crippen LogP contribution in [0.1, 0.15) is 42.9 Å². The topological polar surface area (TPSA) is 63.3 Å². The van der Waals surface area contributed by atoms with Gasteiger partial charge in [-0.15, -0.1) is 0 Å². The first kappa shape index (κ1) is 15.7. The van der Waals surface area contributed by atoms with Crippen LogP contribution in [0.4, 0.5) is 0 Å². The normalized spacial score (nSPS) is 15.8. The van der Waals surface area contributed by atoms with E-state index in [1.807, 2.05) is 0 Å². The van der Waals surface area contributed by atoms with Gasteiger partial charge in [0.05, 0.1) is 5.92 Å². The maximum atomic E-state index is 11.0. The lowest BCUT2D eigenvalue weighted by Crippen LogP contribution is -2.26. The van der Waals surface area contributed by atoms with E-state index in [0.29, 0.717) is 18.3 Å². The standard InChI is InChI=1S/C16H25NO2/c1-10-5-6-14(7-11(10)2)13(4)12(3)8-15(9-17)16(18)19/h5-7,12-13,15H,8-9,17H2,1-4H3,(H,18,19). The molecule has 0 saturated heterocycles. The highest BCUT2D eigenvalue weighted by atomic mass is 16.4. The number of carbonyl (C=O) groups is 1. The summed E-state index contributed by atoms with van der Waals surface area (Å²) < 4.78 is 0. The Bertz CT molecular complexity index is 442. The summed E-state index contributed by atoms with van der Waals surface area (Å²) in [6.45, 7) is 8.67. The van der Waals surface area contributed by atoms with Crippen LogP contribution in [0, 0.1) is 25.7 Å². The van der Waals surface area contributed by atoms with Crippen LogP contribution < -0.4 is 5.73 Å². The molecular weight excluding hydrogens is 238 g/mol. The SMILES string of the molecule is Cc1ccc(C(C)C(C)CC(CN)C(=O)O)cc1C. The number of hydrogen-bond donors (Lipinski definition) is 2. The second-order valence-electron chi connectivity index (χ2n) is 5.62. The van der Waals surface area contributed by atoms with Crippen molar-refractivity contribution in [3.63, 3.8) is 0 Å². The van der Waals surface area contributed by atoms with E-state index in [4.69, 9.17) is 10.8 Å². The summed E-state index contributed by atoms with van der Waals surface area (Å²) in [5.74, 6) is -0.593. The molecular formula is C16H25NO2. The Balaban J connectivity index is 2.78. The van der Waals surface area contributed by atoms with E-state index in [1.165, 1.54) is 16.7 Å². The van der Waals surface area contributed by atoms with E-state index < -0.39 is 11.9 Å². The molecule has 3 N–H and O–H groups in total. The molecule has 0 spiro atoms. The van der Waals surface area contributed by atoms with E-state index in [0.717, 1.165) is 0 Å². The second kappa shape index (κ2) is 6.71. The van der Waals surface area contributed by atoms with Crippen molar-refractivity contribution in [1.82, 2.24) is 0 Å². The molecule has 106 valence electrons. The predicted octanol–water partition coefficient (Wildman–Crippen LogP) is 3.09. The van der Waals surface area contributed by atoms with Gasteiger partial charge in [-0.3, -0.25) is 4.79 Å². The average Bonchev–Trinajstić information content (AvgIpc) is 2.37. The molecule has 1 rings (SSSR count). The first-order valence-electron chi connectivity index (χ1n) is 6.86. The molecule has 0 fully saturated rings. The number of aliphatic carboxylic acids is 1. The van der Waals surface area contributed by atoms with E-state index in [-0.39, 0.29) is 6.54 Å². The summed E-state index contributed by atoms with van der Waals surface area (Å²) in [6.07, 6.45) is 0.625. The average molecular weight is 263 g/mol. The van der Waals surface area contributed by atoms with Crippen molar-refractivity contribution < 1.29 is 9.90 Å². The summed E-state index contributed by atoms with van der Waals surface area (Å²) >= 11 is 0. The van der Waals surface area contributed by atoms with Crippen molar-refractivity contribution in [3.8, 4) is 0 Å². The maximum Gasteiger partial charge on any atom is 0.307 e. The van der Waals surface area contributed by atoms with Crippen LogP contribution in [0.2, 0.25) is 0 Å². The van der Waals surface area contributed by atoms with Gasteiger partial charge in [0.1, 0.15) is 0 Å². The van der Waals surface area contributed by atoms with Crippen molar-refractivity contribution >= 4 is 5.97 Å². The number of carboxylic acids is 1. The van der Waals surface area contributed by atoms with Crippen molar-refractivity contribution in [1.29, 1.82) is 0 Å². The summed E-state index contributed by atoms with van der Waals surface area (Å²) in [6, 6.07) is 6.47. The molecule has 0 aliphatic rings. The fourth-order valence-electron chi connectivity index (χ4n) is 2.33. The molecule has 0 aliphatic heterocycles. The van der Waals surface area contributed by atoms with Gasteiger partial charge in [-0.2, -0.15) is 0 Å². The molecule has 3 atom stereocenters. The van der Waals surface area contributed by atoms with Crippen LogP contribution >= 0.6 is 0 Å². The van der Waals surface area contributed by atoms with Crippen LogP contribution in [-0.4, -0.2) is 17.6 Å². The fraction of sp³-hybridized carbons (Fsp3) is 0.562. The van der Waals surface area contributed by atoms with E-state index in [2.05, 4.69) is 45.9 Å². The smallest absolute Gasteiger partial charge is 0.307 e. The van der Waals surface area contributed by atoms with Gasteiger partial charge in [0.25, 0.3) is 0 Å². The predicted molar refractivity (Wildman–Crippen MR) is 78.3 cm³/mol. The molecule has 0 bridgehead atoms. The summed E-state index contributed by atoms with van der Waals surface area (Å²) in [7, 11) is 0. The van der Waals surface area contributed by atoms with Gasteiger partial charge < -0.3 is 10.8 Å². The van der Waals surface area contributed by atoms with Gasteiger partial charge >= 0.3 is 5.97 Å². The van der Waals surface area contributed by atoms with Crippen LogP contribution in [0.25, 0.3) is 0 Å². The zero-order valence-electron chi connectivity index (χ0n) is 12.3. The Labute approximate surface area is 115 Å². The van der Waals surface area contributed by atoms with Crippen molar-refractivity contribution in [2.75, 3.05) is 6.54 Å². The Hall–Kier alpha value is -1.35. The van der Waals surface area contributed by atoms with Crippen molar-refractivity contribution in [2.45, 2.75) is 40.0 Å². The van der Waals surface area contributed by atoms with Gasteiger partial charge in [0.2, 0.25) is 0 Å². The molecule has 1 aromatic rings.